The molecule has 1 heterocycles. The molecule has 0 saturated heterocycles. The number of aromatic nitrogens is 4. The fourth-order valence-electron chi connectivity index (χ4n) is 2.07. The summed E-state index contributed by atoms with van der Waals surface area (Å²) in [5, 5.41) is 12.8. The van der Waals surface area contributed by atoms with E-state index in [-0.39, 0.29) is 5.91 Å². The molecule has 23 heavy (non-hydrogen) atoms. The van der Waals surface area contributed by atoms with Crippen LogP contribution in [0.2, 0.25) is 0 Å². The minimum absolute atomic E-state index is 0.174. The van der Waals surface area contributed by atoms with Crippen LogP contribution >= 0.6 is 0 Å². The van der Waals surface area contributed by atoms with Crippen molar-refractivity contribution in [2.75, 3.05) is 5.01 Å². The maximum absolute atomic E-state index is 12.4. The Morgan fingerprint density at radius 2 is 1.87 bits per heavy atom. The van der Waals surface area contributed by atoms with Gasteiger partial charge in [-0.05, 0) is 29.5 Å². The maximum atomic E-state index is 12.4. The summed E-state index contributed by atoms with van der Waals surface area (Å²) >= 11 is 0. The molecule has 1 amide bonds. The van der Waals surface area contributed by atoms with Gasteiger partial charge in [0.2, 0.25) is 5.91 Å². The Bertz CT molecular complexity index is 774. The molecule has 0 saturated carbocycles. The van der Waals surface area contributed by atoms with Gasteiger partial charge in [-0.2, -0.15) is 5.01 Å². The fraction of sp³-hybridized carbons (Fsp3) is 0.125. The lowest BCUT2D eigenvalue weighted by Crippen LogP contribution is -2.37. The van der Waals surface area contributed by atoms with E-state index in [1.165, 1.54) is 11.3 Å². The lowest BCUT2D eigenvalue weighted by molar-refractivity contribution is -0.119. The van der Waals surface area contributed by atoms with Crippen molar-refractivity contribution in [3.05, 3.63) is 60.9 Å². The smallest absolute Gasteiger partial charge is 0.248 e. The zero-order valence-corrected chi connectivity index (χ0v) is 12.5. The Labute approximate surface area is 133 Å². The molecule has 0 atom stereocenters. The Kier molecular flexibility index (Phi) is 4.28. The van der Waals surface area contributed by atoms with E-state index in [1.807, 2.05) is 42.5 Å². The SMILES string of the molecule is CCC(=O)N(c1ccccc1Oc1ccccc1)n1ncnn1. The van der Waals surface area contributed by atoms with Crippen LogP contribution in [0.1, 0.15) is 13.3 Å². The molecule has 0 aliphatic rings. The van der Waals surface area contributed by atoms with Gasteiger partial charge in [0.05, 0.1) is 0 Å². The first-order valence-electron chi connectivity index (χ1n) is 7.17. The molecule has 3 rings (SSSR count). The van der Waals surface area contributed by atoms with Crippen LogP contribution in [-0.4, -0.2) is 26.2 Å². The van der Waals surface area contributed by atoms with Gasteiger partial charge in [-0.1, -0.05) is 42.2 Å². The Balaban J connectivity index is 2.02. The largest absolute Gasteiger partial charge is 0.455 e. The molecule has 3 aromatic rings. The molecular formula is C16H15N5O2. The van der Waals surface area contributed by atoms with Gasteiger partial charge in [0.25, 0.3) is 0 Å². The average molecular weight is 309 g/mol. The van der Waals surface area contributed by atoms with E-state index in [0.29, 0.717) is 23.6 Å². The third-order valence-corrected chi connectivity index (χ3v) is 3.12. The summed E-state index contributed by atoms with van der Waals surface area (Å²) in [6, 6.07) is 16.6. The van der Waals surface area contributed by atoms with Crippen LogP contribution in [0.4, 0.5) is 5.69 Å². The van der Waals surface area contributed by atoms with Crippen LogP contribution in [-0.2, 0) is 4.79 Å². The summed E-state index contributed by atoms with van der Waals surface area (Å²) in [4.78, 5) is 13.5. The third-order valence-electron chi connectivity index (χ3n) is 3.12. The van der Waals surface area contributed by atoms with Crippen LogP contribution in [0.25, 0.3) is 0 Å². The van der Waals surface area contributed by atoms with Crippen molar-refractivity contribution < 1.29 is 9.53 Å². The molecule has 0 unspecified atom stereocenters. The highest BCUT2D eigenvalue weighted by atomic mass is 16.5. The van der Waals surface area contributed by atoms with Crippen molar-refractivity contribution in [1.29, 1.82) is 0 Å². The van der Waals surface area contributed by atoms with Gasteiger partial charge in [-0.25, -0.2) is 0 Å². The Morgan fingerprint density at radius 1 is 1.13 bits per heavy atom. The number of anilines is 1. The van der Waals surface area contributed by atoms with E-state index >= 15 is 0 Å². The van der Waals surface area contributed by atoms with Crippen LogP contribution in [0.5, 0.6) is 11.5 Å². The zero-order valence-electron chi connectivity index (χ0n) is 12.5. The Hall–Kier alpha value is -3.22. The van der Waals surface area contributed by atoms with Gasteiger partial charge in [-0.3, -0.25) is 4.79 Å². The minimum atomic E-state index is -0.174. The van der Waals surface area contributed by atoms with Crippen molar-refractivity contribution in [3.63, 3.8) is 0 Å². The van der Waals surface area contributed by atoms with E-state index in [2.05, 4.69) is 15.4 Å². The van der Waals surface area contributed by atoms with Crippen molar-refractivity contribution in [3.8, 4) is 11.5 Å². The molecule has 0 fully saturated rings. The third kappa shape index (κ3) is 3.18. The maximum Gasteiger partial charge on any atom is 0.248 e. The molecule has 0 spiro atoms. The van der Waals surface area contributed by atoms with Gasteiger partial charge in [0.1, 0.15) is 11.4 Å². The number of ether oxygens (including phenoxy) is 1. The first kappa shape index (κ1) is 14.7. The van der Waals surface area contributed by atoms with Gasteiger partial charge < -0.3 is 4.74 Å². The topological polar surface area (TPSA) is 73.1 Å². The van der Waals surface area contributed by atoms with Crippen molar-refractivity contribution in [2.45, 2.75) is 13.3 Å². The normalized spacial score (nSPS) is 10.3. The zero-order chi connectivity index (χ0) is 16.1. The quantitative estimate of drug-likeness (QED) is 0.724. The van der Waals surface area contributed by atoms with E-state index in [9.17, 15) is 4.79 Å². The number of hydrogen-bond acceptors (Lipinski definition) is 5. The predicted molar refractivity (Wildman–Crippen MR) is 84.0 cm³/mol. The molecule has 116 valence electrons. The second-order valence-electron chi connectivity index (χ2n) is 4.65. The Morgan fingerprint density at radius 3 is 2.57 bits per heavy atom. The lowest BCUT2D eigenvalue weighted by Gasteiger charge is -2.22. The highest BCUT2D eigenvalue weighted by Crippen LogP contribution is 2.32. The number of carbonyl (C=O) groups excluding carboxylic acids is 1. The van der Waals surface area contributed by atoms with E-state index < -0.39 is 0 Å². The van der Waals surface area contributed by atoms with Crippen molar-refractivity contribution >= 4 is 11.6 Å². The number of nitrogens with zero attached hydrogens (tertiary/aromatic N) is 5. The summed E-state index contributed by atoms with van der Waals surface area (Å²) in [6.07, 6.45) is 1.57. The molecule has 2 aromatic carbocycles. The van der Waals surface area contributed by atoms with Crippen molar-refractivity contribution in [1.82, 2.24) is 20.3 Å². The average Bonchev–Trinajstić information content (AvgIpc) is 3.11. The summed E-state index contributed by atoms with van der Waals surface area (Å²) < 4.78 is 5.90. The van der Waals surface area contributed by atoms with Crippen molar-refractivity contribution in [2.24, 2.45) is 0 Å². The highest BCUT2D eigenvalue weighted by Gasteiger charge is 2.22. The van der Waals surface area contributed by atoms with Gasteiger partial charge in [0.15, 0.2) is 12.1 Å². The van der Waals surface area contributed by atoms with Crippen LogP contribution in [0.15, 0.2) is 60.9 Å². The highest BCUT2D eigenvalue weighted by molar-refractivity contribution is 5.93. The summed E-state index contributed by atoms with van der Waals surface area (Å²) in [7, 11) is 0. The molecule has 0 bridgehead atoms. The van der Waals surface area contributed by atoms with Crippen LogP contribution < -0.4 is 9.75 Å². The summed E-state index contributed by atoms with van der Waals surface area (Å²) in [5.74, 6) is 1.03. The number of tetrazole rings is 1. The van der Waals surface area contributed by atoms with Gasteiger partial charge in [0, 0.05) is 6.42 Å². The molecule has 7 heteroatoms. The lowest BCUT2D eigenvalue weighted by atomic mass is 10.2. The second kappa shape index (κ2) is 6.69. The summed E-state index contributed by atoms with van der Waals surface area (Å²) in [6.45, 7) is 1.77. The van der Waals surface area contributed by atoms with E-state index in [1.54, 1.807) is 19.1 Å². The first-order chi connectivity index (χ1) is 11.3. The molecular weight excluding hydrogens is 294 g/mol. The molecule has 0 aliphatic heterocycles. The monoisotopic (exact) mass is 309 g/mol. The van der Waals surface area contributed by atoms with E-state index in [0.717, 1.165) is 4.91 Å². The molecule has 1 aromatic heterocycles. The number of hydrogen-bond donors (Lipinski definition) is 0. The molecule has 0 N–H and O–H groups in total. The van der Waals surface area contributed by atoms with Crippen LogP contribution in [0.3, 0.4) is 0 Å². The number of para-hydroxylation sites is 3. The molecule has 7 nitrogen and oxygen atoms in total. The summed E-state index contributed by atoms with van der Waals surface area (Å²) in [5.41, 5.74) is 0.543. The number of rotatable bonds is 5. The first-order valence-corrected chi connectivity index (χ1v) is 7.17. The molecule has 0 radical (unpaired) electrons. The van der Waals surface area contributed by atoms with Gasteiger partial charge in [-0.15, -0.1) is 10.2 Å². The number of amides is 1. The van der Waals surface area contributed by atoms with Gasteiger partial charge >= 0.3 is 0 Å². The number of carbonyl (C=O) groups is 1. The van der Waals surface area contributed by atoms with Crippen LogP contribution in [0, 0.1) is 0 Å². The standard InChI is InChI=1S/C16H15N5O2/c1-2-16(22)20(21-18-12-17-19-21)14-10-6-7-11-15(14)23-13-8-4-3-5-9-13/h3-12H,2H2,1H3. The molecule has 0 aliphatic carbocycles. The van der Waals surface area contributed by atoms with E-state index in [4.69, 9.17) is 4.74 Å². The number of benzene rings is 2. The predicted octanol–water partition coefficient (Wildman–Crippen LogP) is 2.67. The fourth-order valence-corrected chi connectivity index (χ4v) is 2.07. The minimum Gasteiger partial charge on any atom is -0.455 e. The second-order valence-corrected chi connectivity index (χ2v) is 4.65.